The van der Waals surface area contributed by atoms with Crippen LogP contribution in [0, 0.1) is 5.82 Å². The number of aromatic nitrogens is 1. The number of H-pyrrole nitrogens is 1. The number of unbranched alkanes of at least 4 members (excludes halogenated alkanes) is 1. The Morgan fingerprint density at radius 2 is 1.92 bits per heavy atom. The highest BCUT2D eigenvalue weighted by Crippen LogP contribution is 2.25. The average Bonchev–Trinajstić information content (AvgIpc) is 3.16. The third-order valence-corrected chi connectivity index (χ3v) is 5.37. The molecule has 1 aliphatic heterocycles. The first-order chi connectivity index (χ1) is 12.8. The molecule has 0 amide bonds. The van der Waals surface area contributed by atoms with E-state index in [1.165, 1.54) is 29.3 Å². The minimum absolute atomic E-state index is 0.105. The Morgan fingerprint density at radius 1 is 1.00 bits per heavy atom. The summed E-state index contributed by atoms with van der Waals surface area (Å²) in [5.74, 6) is -0.105. The van der Waals surface area contributed by atoms with Crippen molar-refractivity contribution in [3.63, 3.8) is 0 Å². The van der Waals surface area contributed by atoms with Crippen molar-refractivity contribution < 1.29 is 4.39 Å². The number of hydrogen-bond acceptors (Lipinski definition) is 1. The molecule has 1 aliphatic rings. The van der Waals surface area contributed by atoms with Crippen LogP contribution in [0.3, 0.4) is 0 Å². The first-order valence-corrected chi connectivity index (χ1v) is 9.52. The summed E-state index contributed by atoms with van der Waals surface area (Å²) in [5.41, 5.74) is 4.58. The molecule has 0 atom stereocenters. The number of nitrogens with zero attached hydrogens (tertiary/aromatic N) is 1. The van der Waals surface area contributed by atoms with Gasteiger partial charge in [0, 0.05) is 35.8 Å². The topological polar surface area (TPSA) is 19.0 Å². The molecule has 26 heavy (non-hydrogen) atoms. The van der Waals surface area contributed by atoms with Gasteiger partial charge in [-0.05, 0) is 61.6 Å². The molecule has 134 valence electrons. The second kappa shape index (κ2) is 7.88. The lowest BCUT2D eigenvalue weighted by molar-refractivity contribution is 0.295. The van der Waals surface area contributed by atoms with Crippen LogP contribution in [0.5, 0.6) is 0 Å². The number of fused-ring (bicyclic) bond motifs is 1. The normalized spacial score (nSPS) is 15.3. The Labute approximate surface area is 154 Å². The largest absolute Gasteiger partial charge is 0.361 e. The van der Waals surface area contributed by atoms with Crippen molar-refractivity contribution in [3.8, 4) is 0 Å². The van der Waals surface area contributed by atoms with Gasteiger partial charge in [-0.25, -0.2) is 4.39 Å². The van der Waals surface area contributed by atoms with Crippen molar-refractivity contribution in [2.24, 2.45) is 0 Å². The molecule has 2 nitrogen and oxygen atoms in total. The lowest BCUT2D eigenvalue weighted by Crippen LogP contribution is -2.29. The van der Waals surface area contributed by atoms with Crippen LogP contribution in [0.1, 0.15) is 30.4 Å². The molecule has 4 rings (SSSR count). The van der Waals surface area contributed by atoms with E-state index in [1.54, 1.807) is 12.1 Å². The molecule has 3 aromatic rings. The Bertz CT molecular complexity index is 909. The second-order valence-corrected chi connectivity index (χ2v) is 7.07. The first kappa shape index (κ1) is 17.0. The van der Waals surface area contributed by atoms with Crippen molar-refractivity contribution in [1.29, 1.82) is 0 Å². The predicted octanol–water partition coefficient (Wildman–Crippen LogP) is 5.42. The number of aromatic amines is 1. The monoisotopic (exact) mass is 348 g/mol. The maximum atomic E-state index is 13.9. The van der Waals surface area contributed by atoms with Crippen LogP contribution in [0.4, 0.5) is 4.39 Å². The Balaban J connectivity index is 1.26. The fourth-order valence-corrected chi connectivity index (χ4v) is 3.90. The molecule has 0 saturated heterocycles. The molecule has 0 bridgehead atoms. The highest BCUT2D eigenvalue weighted by atomic mass is 19.1. The summed E-state index contributed by atoms with van der Waals surface area (Å²) in [6, 6.07) is 15.8. The molecule has 0 unspecified atom stereocenters. The minimum atomic E-state index is -0.105. The van der Waals surface area contributed by atoms with E-state index in [4.69, 9.17) is 0 Å². The van der Waals surface area contributed by atoms with Crippen LogP contribution in [-0.4, -0.2) is 29.5 Å². The molecule has 3 heteroatoms. The SMILES string of the molecule is Fc1ccccc1C1=CCN(CCCCc2cccc3[nH]ccc23)CC1. The Kier molecular flexibility index (Phi) is 5.16. The highest BCUT2D eigenvalue weighted by molar-refractivity contribution is 5.82. The fraction of sp³-hybridized carbons (Fsp3) is 0.304. The summed E-state index contributed by atoms with van der Waals surface area (Å²) in [4.78, 5) is 5.76. The van der Waals surface area contributed by atoms with E-state index >= 15 is 0 Å². The number of halogens is 1. The van der Waals surface area contributed by atoms with Crippen LogP contribution < -0.4 is 0 Å². The molecular formula is C23H25FN2. The predicted molar refractivity (Wildman–Crippen MR) is 107 cm³/mol. The molecule has 2 heterocycles. The fourth-order valence-electron chi connectivity index (χ4n) is 3.90. The van der Waals surface area contributed by atoms with Crippen LogP contribution in [0.25, 0.3) is 16.5 Å². The summed E-state index contributed by atoms with van der Waals surface area (Å²) in [6.07, 6.45) is 8.67. The third kappa shape index (κ3) is 3.73. The lowest BCUT2D eigenvalue weighted by Gasteiger charge is -2.26. The molecule has 1 N–H and O–H groups in total. The van der Waals surface area contributed by atoms with E-state index in [1.807, 2.05) is 18.3 Å². The number of benzene rings is 2. The zero-order valence-corrected chi connectivity index (χ0v) is 15.0. The quantitative estimate of drug-likeness (QED) is 0.589. The molecular weight excluding hydrogens is 323 g/mol. The molecule has 2 aromatic carbocycles. The number of aryl methyl sites for hydroxylation is 1. The summed E-state index contributed by atoms with van der Waals surface area (Å²) in [7, 11) is 0. The van der Waals surface area contributed by atoms with Gasteiger partial charge in [-0.15, -0.1) is 0 Å². The Morgan fingerprint density at radius 3 is 2.77 bits per heavy atom. The summed E-state index contributed by atoms with van der Waals surface area (Å²) >= 11 is 0. The smallest absolute Gasteiger partial charge is 0.130 e. The van der Waals surface area contributed by atoms with Gasteiger partial charge in [0.25, 0.3) is 0 Å². The third-order valence-electron chi connectivity index (χ3n) is 5.37. The molecule has 0 radical (unpaired) electrons. The van der Waals surface area contributed by atoms with E-state index in [2.05, 4.69) is 40.2 Å². The van der Waals surface area contributed by atoms with Gasteiger partial charge in [0.2, 0.25) is 0 Å². The first-order valence-electron chi connectivity index (χ1n) is 9.52. The van der Waals surface area contributed by atoms with Crippen molar-refractivity contribution >= 4 is 16.5 Å². The van der Waals surface area contributed by atoms with E-state index in [9.17, 15) is 4.39 Å². The molecule has 0 aliphatic carbocycles. The van der Waals surface area contributed by atoms with E-state index < -0.39 is 0 Å². The van der Waals surface area contributed by atoms with Gasteiger partial charge in [-0.1, -0.05) is 36.4 Å². The standard InChI is InChI=1S/C23H25FN2/c24-22-9-2-1-8-20(22)19-12-16-26(17-13-19)15-4-3-6-18-7-5-10-23-21(18)11-14-25-23/h1-2,5,7-12,14,25H,3-4,6,13,15-17H2. The minimum Gasteiger partial charge on any atom is -0.361 e. The second-order valence-electron chi connectivity index (χ2n) is 7.07. The van der Waals surface area contributed by atoms with Gasteiger partial charge in [0.15, 0.2) is 0 Å². The van der Waals surface area contributed by atoms with Gasteiger partial charge in [0.05, 0.1) is 0 Å². The van der Waals surface area contributed by atoms with Crippen molar-refractivity contribution in [2.45, 2.75) is 25.7 Å². The van der Waals surface area contributed by atoms with Crippen LogP contribution >= 0.6 is 0 Å². The number of rotatable bonds is 6. The summed E-state index contributed by atoms with van der Waals surface area (Å²) in [6.45, 7) is 3.06. The Hall–Kier alpha value is -2.39. The summed E-state index contributed by atoms with van der Waals surface area (Å²) < 4.78 is 13.9. The van der Waals surface area contributed by atoms with Crippen molar-refractivity contribution in [3.05, 3.63) is 77.7 Å². The van der Waals surface area contributed by atoms with Gasteiger partial charge in [0.1, 0.15) is 5.82 Å². The van der Waals surface area contributed by atoms with E-state index in [0.717, 1.165) is 43.6 Å². The van der Waals surface area contributed by atoms with E-state index in [-0.39, 0.29) is 5.82 Å². The van der Waals surface area contributed by atoms with Gasteiger partial charge < -0.3 is 4.98 Å². The number of hydrogen-bond donors (Lipinski definition) is 1. The maximum absolute atomic E-state index is 13.9. The average molecular weight is 348 g/mol. The van der Waals surface area contributed by atoms with Gasteiger partial charge >= 0.3 is 0 Å². The zero-order chi connectivity index (χ0) is 17.8. The van der Waals surface area contributed by atoms with Gasteiger partial charge in [-0.2, -0.15) is 0 Å². The van der Waals surface area contributed by atoms with Crippen LogP contribution in [0.15, 0.2) is 60.8 Å². The van der Waals surface area contributed by atoms with Gasteiger partial charge in [-0.3, -0.25) is 4.90 Å². The van der Waals surface area contributed by atoms with Crippen molar-refractivity contribution in [1.82, 2.24) is 9.88 Å². The molecule has 1 aromatic heterocycles. The zero-order valence-electron chi connectivity index (χ0n) is 15.0. The van der Waals surface area contributed by atoms with Crippen LogP contribution in [-0.2, 0) is 6.42 Å². The van der Waals surface area contributed by atoms with Crippen molar-refractivity contribution in [2.75, 3.05) is 19.6 Å². The highest BCUT2D eigenvalue weighted by Gasteiger charge is 2.14. The maximum Gasteiger partial charge on any atom is 0.130 e. The lowest BCUT2D eigenvalue weighted by atomic mass is 9.98. The molecule has 0 spiro atoms. The van der Waals surface area contributed by atoms with E-state index in [0.29, 0.717) is 0 Å². The summed E-state index contributed by atoms with van der Waals surface area (Å²) in [5, 5.41) is 1.35. The molecule has 0 saturated carbocycles. The number of nitrogens with one attached hydrogen (secondary N) is 1. The van der Waals surface area contributed by atoms with Crippen LogP contribution in [0.2, 0.25) is 0 Å². The molecule has 0 fully saturated rings.